The lowest BCUT2D eigenvalue weighted by atomic mass is 10.2. The van der Waals surface area contributed by atoms with Crippen LogP contribution in [-0.4, -0.2) is 36.3 Å². The largest absolute Gasteiger partial charge is 0.417 e. The van der Waals surface area contributed by atoms with Gasteiger partial charge in [0.2, 0.25) is 5.95 Å². The van der Waals surface area contributed by atoms with Crippen LogP contribution in [0.15, 0.2) is 29.7 Å². The molecular weight excluding hydrogens is 403 g/mol. The van der Waals surface area contributed by atoms with E-state index in [2.05, 4.69) is 20.2 Å². The molecule has 0 unspecified atom stereocenters. The molecule has 0 aliphatic rings. The van der Waals surface area contributed by atoms with Gasteiger partial charge in [0.25, 0.3) is 0 Å². The summed E-state index contributed by atoms with van der Waals surface area (Å²) in [5.74, 6) is 0.277. The number of pyridine rings is 1. The molecule has 3 rings (SSSR count). The fraction of sp³-hybridized carbons (Fsp3) is 0.250. The fourth-order valence-corrected chi connectivity index (χ4v) is 3.65. The standard InChI is InChI=1S/C16H13ClF3N5OS/c1-8-3-11(9(2)25(8)15-22-7-23-24-15)13(26)6-27-14-12(17)4-10(5-21-14)16(18,19)20/h3-5,7H,6H2,1-2H3,(H,22,23,24). The quantitative estimate of drug-likeness (QED) is 0.498. The van der Waals surface area contributed by atoms with E-state index in [4.69, 9.17) is 11.6 Å². The second-order valence-corrected chi connectivity index (χ2v) is 7.02. The molecule has 0 atom stereocenters. The van der Waals surface area contributed by atoms with Gasteiger partial charge in [0.15, 0.2) is 5.78 Å². The average Bonchev–Trinajstić information content (AvgIpc) is 3.20. The monoisotopic (exact) mass is 415 g/mol. The maximum absolute atomic E-state index is 12.7. The Balaban J connectivity index is 1.77. The molecule has 0 radical (unpaired) electrons. The molecule has 0 aromatic carbocycles. The zero-order chi connectivity index (χ0) is 19.8. The number of ketones is 1. The summed E-state index contributed by atoms with van der Waals surface area (Å²) in [5, 5.41) is 6.56. The average molecular weight is 416 g/mol. The number of thioether (sulfide) groups is 1. The molecule has 3 aromatic heterocycles. The highest BCUT2D eigenvalue weighted by Crippen LogP contribution is 2.34. The molecule has 3 heterocycles. The minimum Gasteiger partial charge on any atom is -0.293 e. The first-order valence-electron chi connectivity index (χ1n) is 7.62. The van der Waals surface area contributed by atoms with Gasteiger partial charge in [0.1, 0.15) is 11.4 Å². The van der Waals surface area contributed by atoms with Crippen LogP contribution in [0.3, 0.4) is 0 Å². The van der Waals surface area contributed by atoms with Gasteiger partial charge in [-0.2, -0.15) is 23.3 Å². The van der Waals surface area contributed by atoms with E-state index in [1.807, 2.05) is 6.92 Å². The molecule has 0 saturated carbocycles. The van der Waals surface area contributed by atoms with E-state index in [9.17, 15) is 18.0 Å². The van der Waals surface area contributed by atoms with Crippen LogP contribution < -0.4 is 0 Å². The number of hydrogen-bond donors (Lipinski definition) is 1. The van der Waals surface area contributed by atoms with Crippen molar-refractivity contribution in [3.8, 4) is 5.95 Å². The Morgan fingerprint density at radius 2 is 2.04 bits per heavy atom. The van der Waals surface area contributed by atoms with Crippen LogP contribution in [0.2, 0.25) is 5.02 Å². The molecule has 0 spiro atoms. The van der Waals surface area contributed by atoms with Crippen molar-refractivity contribution in [1.29, 1.82) is 0 Å². The van der Waals surface area contributed by atoms with Gasteiger partial charge in [-0.25, -0.2) is 10.1 Å². The zero-order valence-electron chi connectivity index (χ0n) is 14.1. The third-order valence-corrected chi connectivity index (χ3v) is 5.23. The second kappa shape index (κ2) is 7.35. The number of nitrogens with one attached hydrogen (secondary N) is 1. The molecule has 0 amide bonds. The lowest BCUT2D eigenvalue weighted by molar-refractivity contribution is -0.137. The normalized spacial score (nSPS) is 11.8. The van der Waals surface area contributed by atoms with Crippen molar-refractivity contribution < 1.29 is 18.0 Å². The number of rotatable bonds is 5. The van der Waals surface area contributed by atoms with Gasteiger partial charge >= 0.3 is 6.18 Å². The van der Waals surface area contributed by atoms with Crippen LogP contribution >= 0.6 is 23.4 Å². The third kappa shape index (κ3) is 4.01. The number of alkyl halides is 3. The van der Waals surface area contributed by atoms with Crippen LogP contribution in [0.4, 0.5) is 13.2 Å². The number of Topliss-reactive ketones (excluding diaryl/α,β-unsaturated/α-hetero) is 1. The van der Waals surface area contributed by atoms with E-state index >= 15 is 0 Å². The summed E-state index contributed by atoms with van der Waals surface area (Å²) in [6.45, 7) is 3.60. The van der Waals surface area contributed by atoms with Gasteiger partial charge in [-0.15, -0.1) is 0 Å². The molecule has 0 saturated heterocycles. The molecule has 0 fully saturated rings. The zero-order valence-corrected chi connectivity index (χ0v) is 15.7. The molecule has 11 heteroatoms. The summed E-state index contributed by atoms with van der Waals surface area (Å²) in [6, 6.07) is 2.53. The fourth-order valence-electron chi connectivity index (χ4n) is 2.58. The maximum Gasteiger partial charge on any atom is 0.417 e. The molecule has 0 aliphatic heterocycles. The number of nitrogens with zero attached hydrogens (tertiary/aromatic N) is 4. The summed E-state index contributed by atoms with van der Waals surface area (Å²) < 4.78 is 39.7. The predicted molar refractivity (Wildman–Crippen MR) is 94.5 cm³/mol. The van der Waals surface area contributed by atoms with Crippen LogP contribution in [-0.2, 0) is 6.18 Å². The topological polar surface area (TPSA) is 76.5 Å². The number of carbonyl (C=O) groups excluding carboxylic acids is 1. The highest BCUT2D eigenvalue weighted by atomic mass is 35.5. The number of halogens is 4. The Morgan fingerprint density at radius 1 is 1.30 bits per heavy atom. The summed E-state index contributed by atoms with van der Waals surface area (Å²) in [5.41, 5.74) is 1.03. The van der Waals surface area contributed by atoms with E-state index < -0.39 is 11.7 Å². The minimum absolute atomic E-state index is 0.0151. The number of hydrogen-bond acceptors (Lipinski definition) is 5. The molecule has 3 aromatic rings. The molecular formula is C16H13ClF3N5OS. The van der Waals surface area contributed by atoms with Crippen molar-refractivity contribution in [2.45, 2.75) is 25.0 Å². The number of carbonyl (C=O) groups is 1. The number of aromatic nitrogens is 5. The van der Waals surface area contributed by atoms with E-state index in [-0.39, 0.29) is 21.6 Å². The SMILES string of the molecule is Cc1cc(C(=O)CSc2ncc(C(F)(F)F)cc2Cl)c(C)n1-c1ncn[nH]1. The van der Waals surface area contributed by atoms with Crippen molar-refractivity contribution >= 4 is 29.1 Å². The Kier molecular flexibility index (Phi) is 5.29. The van der Waals surface area contributed by atoms with Crippen molar-refractivity contribution in [2.75, 3.05) is 5.75 Å². The molecule has 142 valence electrons. The molecule has 0 bridgehead atoms. The van der Waals surface area contributed by atoms with Gasteiger partial charge < -0.3 is 0 Å². The van der Waals surface area contributed by atoms with Gasteiger partial charge in [-0.3, -0.25) is 9.36 Å². The summed E-state index contributed by atoms with van der Waals surface area (Å²) in [7, 11) is 0. The van der Waals surface area contributed by atoms with Crippen LogP contribution in [0.1, 0.15) is 27.3 Å². The van der Waals surface area contributed by atoms with Gasteiger partial charge in [-0.1, -0.05) is 23.4 Å². The summed E-state index contributed by atoms with van der Waals surface area (Å²) >= 11 is 6.86. The Morgan fingerprint density at radius 3 is 2.63 bits per heavy atom. The third-order valence-electron chi connectivity index (χ3n) is 3.82. The first-order chi connectivity index (χ1) is 12.7. The van der Waals surface area contributed by atoms with Gasteiger partial charge in [-0.05, 0) is 26.0 Å². The highest BCUT2D eigenvalue weighted by Gasteiger charge is 2.31. The van der Waals surface area contributed by atoms with Crippen molar-refractivity contribution in [1.82, 2.24) is 24.7 Å². The smallest absolute Gasteiger partial charge is 0.293 e. The van der Waals surface area contributed by atoms with E-state index in [0.717, 1.165) is 23.5 Å². The number of aryl methyl sites for hydroxylation is 1. The summed E-state index contributed by atoms with van der Waals surface area (Å²) in [4.78, 5) is 20.4. The van der Waals surface area contributed by atoms with Crippen molar-refractivity contribution in [3.05, 3.63) is 52.2 Å². The van der Waals surface area contributed by atoms with E-state index in [1.165, 1.54) is 6.33 Å². The van der Waals surface area contributed by atoms with Crippen molar-refractivity contribution in [2.24, 2.45) is 0 Å². The highest BCUT2D eigenvalue weighted by molar-refractivity contribution is 8.00. The molecule has 27 heavy (non-hydrogen) atoms. The van der Waals surface area contributed by atoms with E-state index in [1.54, 1.807) is 17.6 Å². The second-order valence-electron chi connectivity index (χ2n) is 5.65. The summed E-state index contributed by atoms with van der Waals surface area (Å²) in [6.07, 6.45) is -2.45. The number of H-pyrrole nitrogens is 1. The Labute approximate surface area is 161 Å². The molecule has 1 N–H and O–H groups in total. The van der Waals surface area contributed by atoms with Crippen LogP contribution in [0.25, 0.3) is 5.95 Å². The Hall–Kier alpha value is -2.33. The first kappa shape index (κ1) is 19.4. The van der Waals surface area contributed by atoms with E-state index in [0.29, 0.717) is 23.4 Å². The lowest BCUT2D eigenvalue weighted by Gasteiger charge is -2.09. The minimum atomic E-state index is -4.52. The maximum atomic E-state index is 12.7. The molecule has 0 aliphatic carbocycles. The van der Waals surface area contributed by atoms with Gasteiger partial charge in [0, 0.05) is 23.1 Å². The van der Waals surface area contributed by atoms with Crippen LogP contribution in [0, 0.1) is 13.8 Å². The Bertz CT molecular complexity index is 985. The van der Waals surface area contributed by atoms with Gasteiger partial charge in [0.05, 0.1) is 16.3 Å². The molecule has 6 nitrogen and oxygen atoms in total. The lowest BCUT2D eigenvalue weighted by Crippen LogP contribution is -2.08. The van der Waals surface area contributed by atoms with Crippen LogP contribution in [0.5, 0.6) is 0 Å². The number of aromatic amines is 1. The first-order valence-corrected chi connectivity index (χ1v) is 8.98. The predicted octanol–water partition coefficient (Wildman–Crippen LogP) is 4.25. The van der Waals surface area contributed by atoms with Crippen molar-refractivity contribution in [3.63, 3.8) is 0 Å².